The van der Waals surface area contributed by atoms with Gasteiger partial charge in [-0.25, -0.2) is 4.98 Å². The molecule has 0 aliphatic rings. The third-order valence-electron chi connectivity index (χ3n) is 4.04. The Bertz CT molecular complexity index is 1020. The molecule has 1 amide bonds. The van der Waals surface area contributed by atoms with Crippen molar-refractivity contribution in [2.75, 3.05) is 0 Å². The number of carbonyl (C=O) groups is 1. The Morgan fingerprint density at radius 3 is 2.21 bits per heavy atom. The van der Waals surface area contributed by atoms with Gasteiger partial charge in [0.05, 0.1) is 11.3 Å². The van der Waals surface area contributed by atoms with Gasteiger partial charge in [-0.2, -0.15) is 0 Å². The molecule has 0 spiro atoms. The van der Waals surface area contributed by atoms with Crippen LogP contribution in [0.5, 0.6) is 0 Å². The van der Waals surface area contributed by atoms with Crippen molar-refractivity contribution < 1.29 is 4.79 Å². The van der Waals surface area contributed by atoms with E-state index in [1.165, 1.54) is 5.56 Å². The van der Waals surface area contributed by atoms with Crippen molar-refractivity contribution in [3.63, 3.8) is 0 Å². The van der Waals surface area contributed by atoms with Crippen molar-refractivity contribution in [2.45, 2.75) is 0 Å². The Kier molecular flexibility index (Phi) is 3.35. The Morgan fingerprint density at radius 2 is 1.50 bits per heavy atom. The van der Waals surface area contributed by atoms with E-state index in [1.807, 2.05) is 47.1 Å². The Balaban J connectivity index is 1.75. The number of nitrogens with two attached hydrogens (primary N) is 1. The molecule has 4 nitrogen and oxygen atoms in total. The van der Waals surface area contributed by atoms with Gasteiger partial charge in [-0.3, -0.25) is 4.79 Å². The maximum Gasteiger partial charge on any atom is 0.252 e. The van der Waals surface area contributed by atoms with E-state index >= 15 is 0 Å². The molecule has 0 fully saturated rings. The minimum atomic E-state index is -0.475. The summed E-state index contributed by atoms with van der Waals surface area (Å²) in [6.45, 7) is 0. The van der Waals surface area contributed by atoms with Crippen LogP contribution >= 0.6 is 0 Å². The normalized spacial score (nSPS) is 10.8. The highest BCUT2D eigenvalue weighted by Crippen LogP contribution is 2.25. The lowest BCUT2D eigenvalue weighted by molar-refractivity contribution is 0.100. The fraction of sp³-hybridized carbons (Fsp3) is 0. The molecule has 0 aliphatic carbocycles. The van der Waals surface area contributed by atoms with Gasteiger partial charge in [0.25, 0.3) is 5.91 Å². The molecule has 2 aromatic carbocycles. The molecule has 116 valence electrons. The number of nitrogens with zero attached hydrogens (tertiary/aromatic N) is 2. The summed E-state index contributed by atoms with van der Waals surface area (Å²) in [6, 6.07) is 21.9. The molecular weight excluding hydrogens is 298 g/mol. The summed E-state index contributed by atoms with van der Waals surface area (Å²) in [5.41, 5.74) is 10.5. The Hall–Kier alpha value is -3.40. The smallest absolute Gasteiger partial charge is 0.252 e. The number of hydrogen-bond acceptors (Lipinski definition) is 2. The van der Waals surface area contributed by atoms with Gasteiger partial charge in [0.15, 0.2) is 0 Å². The minimum Gasteiger partial charge on any atom is -0.365 e. The molecule has 0 atom stereocenters. The average molecular weight is 313 g/mol. The van der Waals surface area contributed by atoms with E-state index in [0.29, 0.717) is 11.2 Å². The average Bonchev–Trinajstić information content (AvgIpc) is 3.06. The van der Waals surface area contributed by atoms with Crippen LogP contribution in [0.3, 0.4) is 0 Å². The lowest BCUT2D eigenvalue weighted by atomic mass is 10.0. The Morgan fingerprint density at radius 1 is 0.833 bits per heavy atom. The van der Waals surface area contributed by atoms with Crippen LogP contribution in [0.1, 0.15) is 10.4 Å². The summed E-state index contributed by atoms with van der Waals surface area (Å²) in [7, 11) is 0. The lowest BCUT2D eigenvalue weighted by Gasteiger charge is -2.02. The van der Waals surface area contributed by atoms with E-state index in [9.17, 15) is 4.79 Å². The van der Waals surface area contributed by atoms with Crippen molar-refractivity contribution in [3.05, 3.63) is 84.7 Å². The lowest BCUT2D eigenvalue weighted by Crippen LogP contribution is -2.12. The molecular formula is C20H15N3O. The zero-order valence-corrected chi connectivity index (χ0v) is 12.9. The number of benzene rings is 2. The second-order valence-electron chi connectivity index (χ2n) is 5.59. The first-order chi connectivity index (χ1) is 11.7. The molecule has 2 N–H and O–H groups in total. The summed E-state index contributed by atoms with van der Waals surface area (Å²) in [5.74, 6) is -0.475. The fourth-order valence-corrected chi connectivity index (χ4v) is 2.81. The van der Waals surface area contributed by atoms with Crippen molar-refractivity contribution in [3.8, 4) is 22.4 Å². The molecule has 0 radical (unpaired) electrons. The SMILES string of the molecule is NC(=O)c1cccn2cc(-c3ccc(-c4ccccc4)cc3)nc12. The van der Waals surface area contributed by atoms with Crippen LogP contribution < -0.4 is 5.73 Å². The van der Waals surface area contributed by atoms with E-state index < -0.39 is 5.91 Å². The van der Waals surface area contributed by atoms with E-state index in [0.717, 1.165) is 16.8 Å². The van der Waals surface area contributed by atoms with Gasteiger partial charge in [-0.1, -0.05) is 54.6 Å². The first kappa shape index (κ1) is 14.2. The molecule has 4 heteroatoms. The zero-order valence-electron chi connectivity index (χ0n) is 12.9. The summed E-state index contributed by atoms with van der Waals surface area (Å²) in [5, 5.41) is 0. The number of fused-ring (bicyclic) bond motifs is 1. The molecule has 0 saturated heterocycles. The van der Waals surface area contributed by atoms with E-state index in [4.69, 9.17) is 5.73 Å². The van der Waals surface area contributed by atoms with Gasteiger partial charge >= 0.3 is 0 Å². The van der Waals surface area contributed by atoms with Gasteiger partial charge in [0.1, 0.15) is 5.65 Å². The van der Waals surface area contributed by atoms with Crippen LogP contribution in [0.4, 0.5) is 0 Å². The van der Waals surface area contributed by atoms with Crippen molar-refractivity contribution in [2.24, 2.45) is 5.73 Å². The number of amides is 1. The van der Waals surface area contributed by atoms with Gasteiger partial charge < -0.3 is 10.1 Å². The van der Waals surface area contributed by atoms with Gasteiger partial charge in [-0.05, 0) is 23.3 Å². The monoisotopic (exact) mass is 313 g/mol. The summed E-state index contributed by atoms with van der Waals surface area (Å²) in [6.07, 6.45) is 3.76. The molecule has 4 rings (SSSR count). The zero-order chi connectivity index (χ0) is 16.5. The topological polar surface area (TPSA) is 60.4 Å². The van der Waals surface area contributed by atoms with Crippen LogP contribution in [0.15, 0.2) is 79.1 Å². The molecule has 24 heavy (non-hydrogen) atoms. The van der Waals surface area contributed by atoms with Crippen molar-refractivity contribution in [1.29, 1.82) is 0 Å². The Labute approximate surface area is 139 Å². The highest BCUT2D eigenvalue weighted by atomic mass is 16.1. The predicted molar refractivity (Wildman–Crippen MR) is 94.6 cm³/mol. The van der Waals surface area contributed by atoms with Crippen LogP contribution in [-0.4, -0.2) is 15.3 Å². The van der Waals surface area contributed by atoms with Crippen molar-refractivity contribution in [1.82, 2.24) is 9.38 Å². The number of pyridine rings is 1. The number of aromatic nitrogens is 2. The molecule has 0 saturated carbocycles. The first-order valence-corrected chi connectivity index (χ1v) is 7.66. The molecule has 0 unspecified atom stereocenters. The number of imidazole rings is 1. The third kappa shape index (κ3) is 2.44. The second-order valence-corrected chi connectivity index (χ2v) is 5.59. The number of rotatable bonds is 3. The maximum absolute atomic E-state index is 11.5. The highest BCUT2D eigenvalue weighted by Gasteiger charge is 2.11. The van der Waals surface area contributed by atoms with Gasteiger partial charge in [0.2, 0.25) is 0 Å². The summed E-state index contributed by atoms with van der Waals surface area (Å²) in [4.78, 5) is 16.1. The van der Waals surface area contributed by atoms with Crippen LogP contribution in [0.2, 0.25) is 0 Å². The summed E-state index contributed by atoms with van der Waals surface area (Å²) >= 11 is 0. The van der Waals surface area contributed by atoms with Crippen molar-refractivity contribution >= 4 is 11.6 Å². The number of primary amides is 1. The van der Waals surface area contributed by atoms with E-state index in [-0.39, 0.29) is 0 Å². The summed E-state index contributed by atoms with van der Waals surface area (Å²) < 4.78 is 1.82. The van der Waals surface area contributed by atoms with Gasteiger partial charge in [0, 0.05) is 18.0 Å². The second kappa shape index (κ2) is 5.66. The number of carbonyl (C=O) groups excluding carboxylic acids is 1. The number of hydrogen-bond donors (Lipinski definition) is 1. The molecule has 4 aromatic rings. The standard InChI is InChI=1S/C20H15N3O/c21-19(24)17-7-4-12-23-13-18(22-20(17)23)16-10-8-15(9-11-16)14-5-2-1-3-6-14/h1-13H,(H2,21,24). The molecule has 2 heterocycles. The third-order valence-corrected chi connectivity index (χ3v) is 4.04. The van der Waals surface area contributed by atoms with Crippen LogP contribution in [-0.2, 0) is 0 Å². The minimum absolute atomic E-state index is 0.421. The van der Waals surface area contributed by atoms with Crippen LogP contribution in [0.25, 0.3) is 28.0 Å². The maximum atomic E-state index is 11.5. The molecule has 0 bridgehead atoms. The quantitative estimate of drug-likeness (QED) is 0.626. The van der Waals surface area contributed by atoms with E-state index in [1.54, 1.807) is 12.1 Å². The predicted octanol–water partition coefficient (Wildman–Crippen LogP) is 3.77. The molecule has 0 aliphatic heterocycles. The molecule has 2 aromatic heterocycles. The first-order valence-electron chi connectivity index (χ1n) is 7.66. The largest absolute Gasteiger partial charge is 0.365 e. The van der Waals surface area contributed by atoms with Crippen LogP contribution in [0, 0.1) is 0 Å². The van der Waals surface area contributed by atoms with E-state index in [2.05, 4.69) is 29.2 Å². The highest BCUT2D eigenvalue weighted by molar-refractivity contribution is 5.99. The fourth-order valence-electron chi connectivity index (χ4n) is 2.81. The van der Waals surface area contributed by atoms with Gasteiger partial charge in [-0.15, -0.1) is 0 Å².